The Hall–Kier alpha value is -0.570. The Labute approximate surface area is 104 Å². The van der Waals surface area contributed by atoms with Crippen molar-refractivity contribution >= 4 is 5.91 Å². The summed E-state index contributed by atoms with van der Waals surface area (Å²) in [6.45, 7) is 0.853. The Morgan fingerprint density at radius 1 is 1.12 bits per heavy atom. The number of carbonyl (C=O) groups is 1. The monoisotopic (exact) mass is 236 g/mol. The second-order valence-electron chi connectivity index (χ2n) is 6.55. The van der Waals surface area contributed by atoms with Gasteiger partial charge in [0.2, 0.25) is 5.91 Å². The fourth-order valence-electron chi connectivity index (χ4n) is 4.89. The van der Waals surface area contributed by atoms with Gasteiger partial charge in [-0.25, -0.2) is 0 Å². The Morgan fingerprint density at radius 2 is 1.65 bits per heavy atom. The molecule has 4 bridgehead atoms. The van der Waals surface area contributed by atoms with E-state index in [2.05, 4.69) is 10.6 Å². The zero-order chi connectivity index (χ0) is 11.9. The van der Waals surface area contributed by atoms with E-state index in [1.165, 1.54) is 38.5 Å². The van der Waals surface area contributed by atoms with E-state index in [4.69, 9.17) is 0 Å². The molecule has 4 saturated carbocycles. The van der Waals surface area contributed by atoms with Crippen molar-refractivity contribution in [3.05, 3.63) is 0 Å². The Kier molecular flexibility index (Phi) is 2.89. The number of amides is 1. The highest BCUT2D eigenvalue weighted by atomic mass is 16.1. The molecule has 0 aromatic carbocycles. The highest BCUT2D eigenvalue weighted by Crippen LogP contribution is 2.55. The molecule has 0 spiro atoms. The second-order valence-corrected chi connectivity index (χ2v) is 6.55. The van der Waals surface area contributed by atoms with Crippen LogP contribution in [0.5, 0.6) is 0 Å². The number of rotatable bonds is 4. The molecular formula is C14H24N2O. The van der Waals surface area contributed by atoms with Crippen molar-refractivity contribution in [3.63, 3.8) is 0 Å². The van der Waals surface area contributed by atoms with Crippen molar-refractivity contribution in [2.45, 2.75) is 50.5 Å². The van der Waals surface area contributed by atoms with Crippen LogP contribution in [0.15, 0.2) is 0 Å². The van der Waals surface area contributed by atoms with Crippen LogP contribution in [0.25, 0.3) is 0 Å². The molecule has 4 rings (SSSR count). The highest BCUT2D eigenvalue weighted by Gasteiger charge is 2.50. The molecule has 0 atom stereocenters. The van der Waals surface area contributed by atoms with Crippen LogP contribution in [-0.4, -0.2) is 25.0 Å². The summed E-state index contributed by atoms with van der Waals surface area (Å²) in [4.78, 5) is 11.2. The third kappa shape index (κ3) is 2.22. The predicted octanol–water partition coefficient (Wildman–Crippen LogP) is 1.68. The van der Waals surface area contributed by atoms with Crippen LogP contribution in [0.4, 0.5) is 0 Å². The van der Waals surface area contributed by atoms with Gasteiger partial charge in [-0.2, -0.15) is 0 Å². The minimum Gasteiger partial charge on any atom is -0.359 e. The third-order valence-electron chi connectivity index (χ3n) is 5.17. The standard InChI is InChI=1S/C14H24N2O/c1-15-13(17)2-3-16-14-7-10-4-11(8-14)6-12(5-10)9-14/h10-12,16H,2-9H2,1H3,(H,15,17). The van der Waals surface area contributed by atoms with E-state index in [1.54, 1.807) is 7.05 Å². The van der Waals surface area contributed by atoms with Crippen molar-refractivity contribution in [2.75, 3.05) is 13.6 Å². The van der Waals surface area contributed by atoms with Gasteiger partial charge < -0.3 is 10.6 Å². The quantitative estimate of drug-likeness (QED) is 0.780. The van der Waals surface area contributed by atoms with E-state index >= 15 is 0 Å². The van der Waals surface area contributed by atoms with Gasteiger partial charge in [0.05, 0.1) is 0 Å². The molecule has 0 heterocycles. The van der Waals surface area contributed by atoms with Crippen LogP contribution in [0.3, 0.4) is 0 Å². The number of carbonyl (C=O) groups excluding carboxylic acids is 1. The van der Waals surface area contributed by atoms with Gasteiger partial charge in [-0.05, 0) is 56.3 Å². The fraction of sp³-hybridized carbons (Fsp3) is 0.929. The van der Waals surface area contributed by atoms with Crippen LogP contribution < -0.4 is 10.6 Å². The molecule has 17 heavy (non-hydrogen) atoms. The van der Waals surface area contributed by atoms with E-state index in [1.807, 2.05) is 0 Å². The summed E-state index contributed by atoms with van der Waals surface area (Å²) < 4.78 is 0. The molecule has 4 fully saturated rings. The van der Waals surface area contributed by atoms with Crippen LogP contribution in [-0.2, 0) is 4.79 Å². The van der Waals surface area contributed by atoms with Crippen LogP contribution in [0, 0.1) is 17.8 Å². The first kappa shape index (κ1) is 11.5. The number of hydrogen-bond donors (Lipinski definition) is 2. The maximum atomic E-state index is 11.2. The van der Waals surface area contributed by atoms with E-state index < -0.39 is 0 Å². The van der Waals surface area contributed by atoms with E-state index in [9.17, 15) is 4.79 Å². The molecule has 2 N–H and O–H groups in total. The summed E-state index contributed by atoms with van der Waals surface area (Å²) in [6, 6.07) is 0. The smallest absolute Gasteiger partial charge is 0.221 e. The van der Waals surface area contributed by atoms with E-state index in [0.29, 0.717) is 12.0 Å². The molecule has 4 aliphatic carbocycles. The summed E-state index contributed by atoms with van der Waals surface area (Å²) in [5.74, 6) is 3.10. The van der Waals surface area contributed by atoms with Gasteiger partial charge in [0.25, 0.3) is 0 Å². The molecule has 1 amide bonds. The van der Waals surface area contributed by atoms with Gasteiger partial charge in [-0.1, -0.05) is 0 Å². The van der Waals surface area contributed by atoms with Crippen molar-refractivity contribution in [1.29, 1.82) is 0 Å². The molecule has 0 aromatic heterocycles. The van der Waals surface area contributed by atoms with Gasteiger partial charge in [0, 0.05) is 25.6 Å². The van der Waals surface area contributed by atoms with Crippen molar-refractivity contribution in [2.24, 2.45) is 17.8 Å². The van der Waals surface area contributed by atoms with Crippen molar-refractivity contribution < 1.29 is 4.79 Å². The molecule has 3 nitrogen and oxygen atoms in total. The molecule has 0 radical (unpaired) electrons. The maximum Gasteiger partial charge on any atom is 0.221 e. The summed E-state index contributed by atoms with van der Waals surface area (Å²) in [5, 5.41) is 6.43. The Bertz CT molecular complexity index is 278. The lowest BCUT2D eigenvalue weighted by Crippen LogP contribution is -2.58. The molecule has 0 saturated heterocycles. The van der Waals surface area contributed by atoms with E-state index in [0.717, 1.165) is 24.3 Å². The fourth-order valence-corrected chi connectivity index (χ4v) is 4.89. The molecule has 0 unspecified atom stereocenters. The third-order valence-corrected chi connectivity index (χ3v) is 5.17. The Morgan fingerprint density at radius 3 is 2.12 bits per heavy atom. The summed E-state index contributed by atoms with van der Waals surface area (Å²) in [7, 11) is 1.72. The van der Waals surface area contributed by atoms with Crippen LogP contribution >= 0.6 is 0 Å². The largest absolute Gasteiger partial charge is 0.359 e. The lowest BCUT2D eigenvalue weighted by molar-refractivity contribution is -0.120. The van der Waals surface area contributed by atoms with E-state index in [-0.39, 0.29) is 5.91 Å². The molecular weight excluding hydrogens is 212 g/mol. The topological polar surface area (TPSA) is 41.1 Å². The normalized spacial score (nSPS) is 42.8. The summed E-state index contributed by atoms with van der Waals surface area (Å²) >= 11 is 0. The number of nitrogens with one attached hydrogen (secondary N) is 2. The minimum atomic E-state index is 0.155. The SMILES string of the molecule is CNC(=O)CCNC12CC3CC(CC(C3)C1)C2. The van der Waals surface area contributed by atoms with Gasteiger partial charge in [-0.3, -0.25) is 4.79 Å². The molecule has 4 aliphatic rings. The van der Waals surface area contributed by atoms with Gasteiger partial charge in [-0.15, -0.1) is 0 Å². The van der Waals surface area contributed by atoms with Gasteiger partial charge >= 0.3 is 0 Å². The van der Waals surface area contributed by atoms with Crippen LogP contribution in [0.1, 0.15) is 44.9 Å². The first-order chi connectivity index (χ1) is 8.19. The lowest BCUT2D eigenvalue weighted by atomic mass is 9.53. The highest BCUT2D eigenvalue weighted by molar-refractivity contribution is 5.75. The maximum absolute atomic E-state index is 11.2. The second kappa shape index (κ2) is 4.27. The average Bonchev–Trinajstić information content (AvgIpc) is 2.26. The van der Waals surface area contributed by atoms with Crippen molar-refractivity contribution in [1.82, 2.24) is 10.6 Å². The molecule has 0 aliphatic heterocycles. The molecule has 96 valence electrons. The molecule has 3 heteroatoms. The predicted molar refractivity (Wildman–Crippen MR) is 67.6 cm³/mol. The first-order valence-electron chi connectivity index (χ1n) is 7.15. The number of hydrogen-bond acceptors (Lipinski definition) is 2. The first-order valence-corrected chi connectivity index (χ1v) is 7.15. The Balaban J connectivity index is 1.57. The summed E-state index contributed by atoms with van der Waals surface area (Å²) in [5.41, 5.74) is 0.406. The van der Waals surface area contributed by atoms with Gasteiger partial charge in [0.1, 0.15) is 0 Å². The zero-order valence-corrected chi connectivity index (χ0v) is 10.8. The van der Waals surface area contributed by atoms with Crippen molar-refractivity contribution in [3.8, 4) is 0 Å². The minimum absolute atomic E-state index is 0.155. The zero-order valence-electron chi connectivity index (χ0n) is 10.8. The average molecular weight is 236 g/mol. The van der Waals surface area contributed by atoms with Gasteiger partial charge in [0.15, 0.2) is 0 Å². The lowest BCUT2D eigenvalue weighted by Gasteiger charge is -2.57. The van der Waals surface area contributed by atoms with Crippen LogP contribution in [0.2, 0.25) is 0 Å². The summed E-state index contributed by atoms with van der Waals surface area (Å²) in [6.07, 6.45) is 9.17. The molecule has 0 aromatic rings.